The van der Waals surface area contributed by atoms with Gasteiger partial charge < -0.3 is 20.2 Å². The Morgan fingerprint density at radius 3 is 2.76 bits per heavy atom. The van der Waals surface area contributed by atoms with Crippen LogP contribution in [-0.4, -0.2) is 41.2 Å². The second kappa shape index (κ2) is 8.92. The number of pyridine rings is 2. The Morgan fingerprint density at radius 1 is 1.27 bits per heavy atom. The van der Waals surface area contributed by atoms with E-state index in [1.54, 1.807) is 18.7 Å². The normalized spacial score (nSPS) is 22.4. The number of hydrogen-bond acceptors (Lipinski definition) is 6. The summed E-state index contributed by atoms with van der Waals surface area (Å²) in [5.41, 5.74) is 4.25. The largest absolute Gasteiger partial charge is 0.358 e. The van der Waals surface area contributed by atoms with E-state index in [0.717, 1.165) is 48.2 Å². The molecule has 192 valence electrons. The van der Waals surface area contributed by atoms with Crippen LogP contribution < -0.4 is 10.6 Å². The molecule has 0 atom stereocenters. The van der Waals surface area contributed by atoms with Gasteiger partial charge in [-0.15, -0.1) is 10.2 Å². The number of fused-ring (bicyclic) bond motifs is 1. The first-order chi connectivity index (χ1) is 17.8. The highest BCUT2D eigenvalue weighted by molar-refractivity contribution is 6.35. The highest BCUT2D eigenvalue weighted by atomic mass is 35.5. The number of anilines is 1. The van der Waals surface area contributed by atoms with Gasteiger partial charge in [-0.2, -0.15) is 0 Å². The van der Waals surface area contributed by atoms with Crippen molar-refractivity contribution in [3.63, 3.8) is 0 Å². The van der Waals surface area contributed by atoms with Gasteiger partial charge in [0, 0.05) is 31.5 Å². The molecule has 4 heterocycles. The molecule has 9 nitrogen and oxygen atoms in total. The van der Waals surface area contributed by atoms with Gasteiger partial charge in [0.15, 0.2) is 0 Å². The van der Waals surface area contributed by atoms with Crippen molar-refractivity contribution in [1.29, 1.82) is 0 Å². The minimum Gasteiger partial charge on any atom is -0.358 e. The van der Waals surface area contributed by atoms with E-state index < -0.39 is 0 Å². The molecule has 4 aromatic rings. The number of nitrogens with one attached hydrogen (secondary N) is 3. The highest BCUT2D eigenvalue weighted by Crippen LogP contribution is 2.51. The van der Waals surface area contributed by atoms with Gasteiger partial charge in [0.1, 0.15) is 23.4 Å². The van der Waals surface area contributed by atoms with Gasteiger partial charge in [0.2, 0.25) is 0 Å². The summed E-state index contributed by atoms with van der Waals surface area (Å²) in [6.45, 7) is 5.10. The average Bonchev–Trinajstić information content (AvgIpc) is 3.45. The SMILES string of the molecule is CC1CC(c2cncc(NC(=O)c3cc(CNC4(C)CCC4)c4[nH]cc(Cl)c4n3)c2)(c2nncn2C)C1. The third-order valence-electron chi connectivity index (χ3n) is 8.15. The van der Waals surface area contributed by atoms with Crippen LogP contribution in [0, 0.1) is 5.92 Å². The van der Waals surface area contributed by atoms with Gasteiger partial charge in [-0.3, -0.25) is 9.78 Å². The molecular formula is C27H31ClN8O. The van der Waals surface area contributed by atoms with E-state index in [1.807, 2.05) is 29.9 Å². The average molecular weight is 519 g/mol. The summed E-state index contributed by atoms with van der Waals surface area (Å²) in [4.78, 5) is 25.6. The number of nitrogens with zero attached hydrogens (tertiary/aromatic N) is 5. The molecule has 0 radical (unpaired) electrons. The lowest BCUT2D eigenvalue weighted by molar-refractivity contribution is 0.102. The van der Waals surface area contributed by atoms with E-state index in [9.17, 15) is 4.79 Å². The molecule has 0 aromatic carbocycles. The van der Waals surface area contributed by atoms with Crippen LogP contribution in [0.15, 0.2) is 37.1 Å². The molecule has 0 unspecified atom stereocenters. The smallest absolute Gasteiger partial charge is 0.274 e. The monoisotopic (exact) mass is 518 g/mol. The molecule has 0 spiro atoms. The Kier molecular flexibility index (Phi) is 5.80. The number of amides is 1. The zero-order valence-electron chi connectivity index (χ0n) is 21.3. The summed E-state index contributed by atoms with van der Waals surface area (Å²) >= 11 is 6.41. The van der Waals surface area contributed by atoms with Gasteiger partial charge in [0.05, 0.1) is 27.8 Å². The predicted octanol–water partition coefficient (Wildman–Crippen LogP) is 4.74. The number of halogens is 1. The second-order valence-electron chi connectivity index (χ2n) is 11.1. The molecule has 0 bridgehead atoms. The molecule has 6 rings (SSSR count). The molecule has 1 amide bonds. The van der Waals surface area contributed by atoms with Crippen molar-refractivity contribution >= 4 is 34.2 Å². The quantitative estimate of drug-likeness (QED) is 0.325. The van der Waals surface area contributed by atoms with Crippen molar-refractivity contribution < 1.29 is 4.79 Å². The Hall–Kier alpha value is -3.30. The van der Waals surface area contributed by atoms with Crippen LogP contribution in [-0.2, 0) is 19.0 Å². The first-order valence-electron chi connectivity index (χ1n) is 12.8. The summed E-state index contributed by atoms with van der Waals surface area (Å²) in [5, 5.41) is 15.7. The molecule has 4 aromatic heterocycles. The van der Waals surface area contributed by atoms with E-state index in [4.69, 9.17) is 11.6 Å². The number of carbonyl (C=O) groups excluding carboxylic acids is 1. The van der Waals surface area contributed by atoms with Crippen molar-refractivity contribution in [3.05, 3.63) is 64.7 Å². The third-order valence-corrected chi connectivity index (χ3v) is 8.44. The summed E-state index contributed by atoms with van der Waals surface area (Å²) in [5.74, 6) is 1.19. The van der Waals surface area contributed by atoms with Crippen molar-refractivity contribution in [1.82, 2.24) is 35.0 Å². The maximum atomic E-state index is 13.4. The number of aromatic nitrogens is 6. The number of carbonyl (C=O) groups is 1. The molecular weight excluding hydrogens is 488 g/mol. The summed E-state index contributed by atoms with van der Waals surface area (Å²) in [6, 6.07) is 3.83. The number of hydrogen-bond donors (Lipinski definition) is 3. The van der Waals surface area contributed by atoms with Crippen LogP contribution >= 0.6 is 11.6 Å². The van der Waals surface area contributed by atoms with Crippen molar-refractivity contribution in [2.24, 2.45) is 13.0 Å². The Labute approximate surface area is 220 Å². The minimum atomic E-state index is -0.302. The Balaban J connectivity index is 1.28. The van der Waals surface area contributed by atoms with Crippen LogP contribution in [0.3, 0.4) is 0 Å². The molecule has 2 aliphatic rings. The van der Waals surface area contributed by atoms with E-state index in [0.29, 0.717) is 34.4 Å². The van der Waals surface area contributed by atoms with Crippen molar-refractivity contribution in [2.45, 2.75) is 63.5 Å². The molecule has 3 N–H and O–H groups in total. The molecule has 2 saturated carbocycles. The number of aromatic amines is 1. The highest BCUT2D eigenvalue weighted by Gasteiger charge is 2.48. The minimum absolute atomic E-state index is 0.137. The lowest BCUT2D eigenvalue weighted by atomic mass is 9.59. The fourth-order valence-corrected chi connectivity index (χ4v) is 6.13. The fourth-order valence-electron chi connectivity index (χ4n) is 5.94. The molecule has 10 heteroatoms. The summed E-state index contributed by atoms with van der Waals surface area (Å²) in [7, 11) is 1.96. The molecule has 0 saturated heterocycles. The van der Waals surface area contributed by atoms with Gasteiger partial charge in [0.25, 0.3) is 5.91 Å². The van der Waals surface area contributed by atoms with E-state index in [-0.39, 0.29) is 16.9 Å². The fraction of sp³-hybridized carbons (Fsp3) is 0.444. The van der Waals surface area contributed by atoms with Crippen LogP contribution in [0.1, 0.15) is 73.4 Å². The van der Waals surface area contributed by atoms with Crippen LogP contribution in [0.4, 0.5) is 5.69 Å². The van der Waals surface area contributed by atoms with Crippen molar-refractivity contribution in [3.8, 4) is 0 Å². The zero-order valence-corrected chi connectivity index (χ0v) is 22.1. The van der Waals surface area contributed by atoms with Gasteiger partial charge in [-0.1, -0.05) is 18.5 Å². The Bertz CT molecular complexity index is 1480. The van der Waals surface area contributed by atoms with Gasteiger partial charge in [-0.05, 0) is 68.2 Å². The predicted molar refractivity (Wildman–Crippen MR) is 143 cm³/mol. The van der Waals surface area contributed by atoms with Gasteiger partial charge >= 0.3 is 0 Å². The van der Waals surface area contributed by atoms with Crippen LogP contribution in [0.2, 0.25) is 5.02 Å². The first kappa shape index (κ1) is 24.1. The maximum absolute atomic E-state index is 13.4. The zero-order chi connectivity index (χ0) is 25.8. The van der Waals surface area contributed by atoms with E-state index in [1.165, 1.54) is 6.42 Å². The Morgan fingerprint density at radius 2 is 2.08 bits per heavy atom. The third kappa shape index (κ3) is 4.20. The lowest BCUT2D eigenvalue weighted by Gasteiger charge is -2.45. The molecule has 2 fully saturated rings. The van der Waals surface area contributed by atoms with Gasteiger partial charge in [-0.25, -0.2) is 4.98 Å². The number of aryl methyl sites for hydroxylation is 1. The van der Waals surface area contributed by atoms with Crippen LogP contribution in [0.5, 0.6) is 0 Å². The van der Waals surface area contributed by atoms with Crippen molar-refractivity contribution in [2.75, 3.05) is 5.32 Å². The second-order valence-corrected chi connectivity index (χ2v) is 11.5. The first-order valence-corrected chi connectivity index (χ1v) is 13.2. The summed E-state index contributed by atoms with van der Waals surface area (Å²) < 4.78 is 1.97. The number of rotatable bonds is 7. The standard InChI is InChI=1S/C27H31ClN8O/c1-16-9-27(10-16,25-35-32-15-36(25)3)18-8-19(13-29-12-18)33-24(37)21-7-17(11-31-26(2)5-4-6-26)22-23(34-21)20(28)14-30-22/h7-8,12-16,30-31H,4-6,9-11H2,1-3H3,(H,33,37). The number of H-pyrrole nitrogens is 1. The topological polar surface area (TPSA) is 113 Å². The lowest BCUT2D eigenvalue weighted by Crippen LogP contribution is -2.47. The molecule has 0 aliphatic heterocycles. The summed E-state index contributed by atoms with van der Waals surface area (Å²) in [6.07, 6.45) is 12.4. The van der Waals surface area contributed by atoms with E-state index in [2.05, 4.69) is 49.6 Å². The maximum Gasteiger partial charge on any atom is 0.274 e. The molecule has 2 aliphatic carbocycles. The molecule has 37 heavy (non-hydrogen) atoms. The van der Waals surface area contributed by atoms with Crippen LogP contribution in [0.25, 0.3) is 11.0 Å². The van der Waals surface area contributed by atoms with E-state index >= 15 is 0 Å².